The van der Waals surface area contributed by atoms with E-state index in [0.717, 1.165) is 35.5 Å². The summed E-state index contributed by atoms with van der Waals surface area (Å²) in [6.45, 7) is 2.20. The van der Waals surface area contributed by atoms with Gasteiger partial charge in [-0.1, -0.05) is 26.2 Å². The third kappa shape index (κ3) is 3.39. The molecule has 20 heavy (non-hydrogen) atoms. The normalized spacial score (nSPS) is 12.3. The molecule has 3 N–H and O–H groups in total. The standard InChI is InChI=1S/C16H23N3O/c1-3-4-5-6-14(17)13-11-12(7-8-15(13)20-2)16-18-9-10-19-16/h7-11,14H,3-6,17H2,1-2H3,(H,18,19). The third-order valence-corrected chi connectivity index (χ3v) is 3.52. The number of imidazole rings is 1. The molecule has 0 saturated heterocycles. The van der Waals surface area contributed by atoms with Crippen molar-refractivity contribution in [2.75, 3.05) is 7.11 Å². The van der Waals surface area contributed by atoms with Crippen molar-refractivity contribution < 1.29 is 4.74 Å². The summed E-state index contributed by atoms with van der Waals surface area (Å²) < 4.78 is 5.43. The van der Waals surface area contributed by atoms with Gasteiger partial charge in [0.05, 0.1) is 7.11 Å². The second kappa shape index (κ2) is 7.10. The molecule has 2 aromatic rings. The van der Waals surface area contributed by atoms with E-state index in [4.69, 9.17) is 10.5 Å². The van der Waals surface area contributed by atoms with Crippen LogP contribution in [-0.2, 0) is 0 Å². The van der Waals surface area contributed by atoms with E-state index in [1.165, 1.54) is 12.8 Å². The molecule has 0 amide bonds. The average molecular weight is 273 g/mol. The van der Waals surface area contributed by atoms with E-state index in [2.05, 4.69) is 23.0 Å². The van der Waals surface area contributed by atoms with Crippen LogP contribution in [0, 0.1) is 0 Å². The summed E-state index contributed by atoms with van der Waals surface area (Å²) in [5.74, 6) is 1.71. The van der Waals surface area contributed by atoms with Gasteiger partial charge in [0.1, 0.15) is 11.6 Å². The van der Waals surface area contributed by atoms with Gasteiger partial charge in [0.15, 0.2) is 0 Å². The number of nitrogens with two attached hydrogens (primary N) is 1. The number of benzene rings is 1. The Bertz CT molecular complexity index is 523. The Hall–Kier alpha value is -1.81. The van der Waals surface area contributed by atoms with E-state index in [-0.39, 0.29) is 6.04 Å². The van der Waals surface area contributed by atoms with Crippen LogP contribution in [-0.4, -0.2) is 17.1 Å². The van der Waals surface area contributed by atoms with Crippen molar-refractivity contribution in [3.05, 3.63) is 36.2 Å². The minimum atomic E-state index is 0.00594. The number of nitrogens with one attached hydrogen (secondary N) is 1. The van der Waals surface area contributed by atoms with E-state index in [1.807, 2.05) is 18.3 Å². The van der Waals surface area contributed by atoms with Crippen molar-refractivity contribution in [3.63, 3.8) is 0 Å². The van der Waals surface area contributed by atoms with Gasteiger partial charge in [-0.2, -0.15) is 0 Å². The summed E-state index contributed by atoms with van der Waals surface area (Å²) >= 11 is 0. The van der Waals surface area contributed by atoms with Gasteiger partial charge in [-0.15, -0.1) is 0 Å². The molecule has 0 aliphatic rings. The van der Waals surface area contributed by atoms with Gasteiger partial charge >= 0.3 is 0 Å². The maximum absolute atomic E-state index is 6.32. The molecule has 4 nitrogen and oxygen atoms in total. The van der Waals surface area contributed by atoms with Crippen LogP contribution in [0.5, 0.6) is 5.75 Å². The van der Waals surface area contributed by atoms with Crippen molar-refractivity contribution in [2.24, 2.45) is 5.73 Å². The number of nitrogens with zero attached hydrogens (tertiary/aromatic N) is 1. The van der Waals surface area contributed by atoms with Crippen LogP contribution in [0.4, 0.5) is 0 Å². The highest BCUT2D eigenvalue weighted by atomic mass is 16.5. The molecule has 0 bridgehead atoms. The maximum Gasteiger partial charge on any atom is 0.137 e. The van der Waals surface area contributed by atoms with Crippen LogP contribution in [0.1, 0.15) is 44.2 Å². The van der Waals surface area contributed by atoms with E-state index >= 15 is 0 Å². The molecular formula is C16H23N3O. The summed E-state index contributed by atoms with van der Waals surface area (Å²) in [6.07, 6.45) is 8.11. The average Bonchev–Trinajstić information content (AvgIpc) is 3.01. The van der Waals surface area contributed by atoms with Gasteiger partial charge in [0, 0.05) is 29.6 Å². The first kappa shape index (κ1) is 14.6. The number of hydrogen-bond acceptors (Lipinski definition) is 3. The fourth-order valence-electron chi connectivity index (χ4n) is 2.36. The summed E-state index contributed by atoms with van der Waals surface area (Å²) in [5, 5.41) is 0. The predicted octanol–water partition coefficient (Wildman–Crippen LogP) is 3.67. The molecule has 1 atom stereocenters. The number of unbranched alkanes of at least 4 members (excludes halogenated alkanes) is 2. The minimum absolute atomic E-state index is 0.00594. The summed E-state index contributed by atoms with van der Waals surface area (Å²) in [4.78, 5) is 7.40. The highest BCUT2D eigenvalue weighted by molar-refractivity contribution is 5.59. The minimum Gasteiger partial charge on any atom is -0.496 e. The number of aromatic nitrogens is 2. The van der Waals surface area contributed by atoms with E-state index in [0.29, 0.717) is 0 Å². The topological polar surface area (TPSA) is 63.9 Å². The van der Waals surface area contributed by atoms with Crippen molar-refractivity contribution in [1.82, 2.24) is 9.97 Å². The first-order valence-corrected chi connectivity index (χ1v) is 7.19. The molecule has 0 spiro atoms. The molecule has 0 saturated carbocycles. The van der Waals surface area contributed by atoms with Crippen LogP contribution < -0.4 is 10.5 Å². The van der Waals surface area contributed by atoms with Crippen LogP contribution in [0.25, 0.3) is 11.4 Å². The second-order valence-electron chi connectivity index (χ2n) is 5.00. The molecule has 2 rings (SSSR count). The van der Waals surface area contributed by atoms with Gasteiger partial charge in [-0.25, -0.2) is 4.98 Å². The number of rotatable bonds is 7. The largest absolute Gasteiger partial charge is 0.496 e. The first-order valence-electron chi connectivity index (χ1n) is 7.19. The Morgan fingerprint density at radius 3 is 2.85 bits per heavy atom. The Morgan fingerprint density at radius 1 is 1.35 bits per heavy atom. The maximum atomic E-state index is 6.32. The molecule has 0 radical (unpaired) electrons. The van der Waals surface area contributed by atoms with Gasteiger partial charge in [0.2, 0.25) is 0 Å². The molecule has 1 aromatic carbocycles. The van der Waals surface area contributed by atoms with Gasteiger partial charge in [-0.3, -0.25) is 0 Å². The van der Waals surface area contributed by atoms with Crippen molar-refractivity contribution in [3.8, 4) is 17.1 Å². The molecule has 1 unspecified atom stereocenters. The summed E-state index contributed by atoms with van der Waals surface area (Å²) in [6, 6.07) is 6.05. The van der Waals surface area contributed by atoms with Crippen molar-refractivity contribution in [2.45, 2.75) is 38.6 Å². The molecular weight excluding hydrogens is 250 g/mol. The molecule has 4 heteroatoms. The van der Waals surface area contributed by atoms with Gasteiger partial charge < -0.3 is 15.5 Å². The summed E-state index contributed by atoms with van der Waals surface area (Å²) in [5.41, 5.74) is 8.42. The molecule has 0 aliphatic heterocycles. The number of H-pyrrole nitrogens is 1. The molecule has 1 aromatic heterocycles. The predicted molar refractivity (Wildman–Crippen MR) is 81.6 cm³/mol. The smallest absolute Gasteiger partial charge is 0.137 e. The quantitative estimate of drug-likeness (QED) is 0.757. The second-order valence-corrected chi connectivity index (χ2v) is 5.00. The van der Waals surface area contributed by atoms with Crippen LogP contribution in [0.2, 0.25) is 0 Å². The number of hydrogen-bond donors (Lipinski definition) is 2. The lowest BCUT2D eigenvalue weighted by atomic mass is 9.98. The third-order valence-electron chi connectivity index (χ3n) is 3.52. The lowest BCUT2D eigenvalue weighted by Crippen LogP contribution is -2.11. The highest BCUT2D eigenvalue weighted by Crippen LogP contribution is 2.30. The van der Waals surface area contributed by atoms with Crippen LogP contribution in [0.3, 0.4) is 0 Å². The summed E-state index contributed by atoms with van der Waals surface area (Å²) in [7, 11) is 1.68. The van der Waals surface area contributed by atoms with Crippen LogP contribution >= 0.6 is 0 Å². The van der Waals surface area contributed by atoms with Crippen LogP contribution in [0.15, 0.2) is 30.6 Å². The van der Waals surface area contributed by atoms with Crippen molar-refractivity contribution in [1.29, 1.82) is 0 Å². The Kier molecular flexibility index (Phi) is 5.18. The Labute approximate surface area is 120 Å². The lowest BCUT2D eigenvalue weighted by molar-refractivity contribution is 0.403. The molecule has 0 aliphatic carbocycles. The van der Waals surface area contributed by atoms with Gasteiger partial charge in [0.25, 0.3) is 0 Å². The first-order chi connectivity index (χ1) is 9.76. The monoisotopic (exact) mass is 273 g/mol. The number of methoxy groups -OCH3 is 1. The van der Waals surface area contributed by atoms with E-state index < -0.39 is 0 Å². The number of ether oxygens (including phenoxy) is 1. The fraction of sp³-hybridized carbons (Fsp3) is 0.438. The van der Waals surface area contributed by atoms with Gasteiger partial charge in [-0.05, 0) is 24.6 Å². The van der Waals surface area contributed by atoms with Crippen molar-refractivity contribution >= 4 is 0 Å². The zero-order chi connectivity index (χ0) is 14.4. The highest BCUT2D eigenvalue weighted by Gasteiger charge is 2.13. The Morgan fingerprint density at radius 2 is 2.20 bits per heavy atom. The fourth-order valence-corrected chi connectivity index (χ4v) is 2.36. The van der Waals surface area contributed by atoms with E-state index in [1.54, 1.807) is 13.3 Å². The zero-order valence-electron chi connectivity index (χ0n) is 12.2. The molecule has 108 valence electrons. The molecule has 1 heterocycles. The van der Waals surface area contributed by atoms with E-state index in [9.17, 15) is 0 Å². The number of aromatic amines is 1. The molecule has 0 fully saturated rings. The lowest BCUT2D eigenvalue weighted by Gasteiger charge is -2.16. The Balaban J connectivity index is 2.22. The SMILES string of the molecule is CCCCCC(N)c1cc(-c2ncc[nH]2)ccc1OC. The zero-order valence-corrected chi connectivity index (χ0v) is 12.2.